The Bertz CT molecular complexity index is 225. The summed E-state index contributed by atoms with van der Waals surface area (Å²) in [5.74, 6) is 0.259. The summed E-state index contributed by atoms with van der Waals surface area (Å²) in [6.45, 7) is 0.673. The van der Waals surface area contributed by atoms with Gasteiger partial charge in [-0.25, -0.2) is 0 Å². The van der Waals surface area contributed by atoms with Crippen LogP contribution in [0.25, 0.3) is 0 Å². The van der Waals surface area contributed by atoms with Crippen molar-refractivity contribution in [3.05, 3.63) is 0 Å². The van der Waals surface area contributed by atoms with E-state index in [1.165, 1.54) is 12.8 Å². The van der Waals surface area contributed by atoms with Crippen LogP contribution in [0.4, 0.5) is 0 Å². The average molecular weight is 242 g/mol. The molecule has 0 spiro atoms. The van der Waals surface area contributed by atoms with Gasteiger partial charge in [0.25, 0.3) is 0 Å². The molecule has 0 aliphatic heterocycles. The molecule has 0 bridgehead atoms. The summed E-state index contributed by atoms with van der Waals surface area (Å²) in [5, 5.41) is 3.31. The lowest BCUT2D eigenvalue weighted by atomic mass is 9.90. The number of rotatable bonds is 6. The lowest BCUT2D eigenvalue weighted by molar-refractivity contribution is -0.132. The van der Waals surface area contributed by atoms with Gasteiger partial charge in [-0.05, 0) is 39.2 Å². The van der Waals surface area contributed by atoms with Gasteiger partial charge in [-0.15, -0.1) is 0 Å². The van der Waals surface area contributed by atoms with Crippen LogP contribution in [0.1, 0.15) is 38.5 Å². The van der Waals surface area contributed by atoms with Crippen LogP contribution in [-0.4, -0.2) is 50.7 Å². The highest BCUT2D eigenvalue weighted by molar-refractivity contribution is 5.76. The molecule has 17 heavy (non-hydrogen) atoms. The Balaban J connectivity index is 2.27. The summed E-state index contributed by atoms with van der Waals surface area (Å²) in [7, 11) is 5.64. The van der Waals surface area contributed by atoms with E-state index >= 15 is 0 Å². The van der Waals surface area contributed by atoms with Gasteiger partial charge in [-0.1, -0.05) is 0 Å². The van der Waals surface area contributed by atoms with E-state index in [1.54, 1.807) is 7.11 Å². The first-order chi connectivity index (χ1) is 8.19. The van der Waals surface area contributed by atoms with E-state index in [1.807, 2.05) is 19.0 Å². The van der Waals surface area contributed by atoms with Crippen molar-refractivity contribution in [3.8, 4) is 0 Å². The first kappa shape index (κ1) is 14.5. The standard InChI is InChI=1S/C13H26N2O2/c1-14-11-6-8-12(9-7-11)15(2)13(16)5-4-10-17-3/h11-12,14H,4-10H2,1-3H3. The maximum Gasteiger partial charge on any atom is 0.222 e. The Labute approximate surface area is 105 Å². The number of hydrogen-bond acceptors (Lipinski definition) is 3. The lowest BCUT2D eigenvalue weighted by Gasteiger charge is -2.34. The summed E-state index contributed by atoms with van der Waals surface area (Å²) < 4.78 is 4.97. The Morgan fingerprint density at radius 2 is 2.00 bits per heavy atom. The monoisotopic (exact) mass is 242 g/mol. The van der Waals surface area contributed by atoms with E-state index in [4.69, 9.17) is 4.74 Å². The molecule has 0 heterocycles. The zero-order valence-corrected chi connectivity index (χ0v) is 11.4. The van der Waals surface area contributed by atoms with E-state index in [0.717, 1.165) is 19.3 Å². The number of nitrogens with one attached hydrogen (secondary N) is 1. The van der Waals surface area contributed by atoms with Crippen molar-refractivity contribution < 1.29 is 9.53 Å². The summed E-state index contributed by atoms with van der Waals surface area (Å²) in [6, 6.07) is 1.08. The number of nitrogens with zero attached hydrogens (tertiary/aromatic N) is 1. The van der Waals surface area contributed by atoms with E-state index in [2.05, 4.69) is 5.32 Å². The highest BCUT2D eigenvalue weighted by atomic mass is 16.5. The maximum absolute atomic E-state index is 11.9. The van der Waals surface area contributed by atoms with Gasteiger partial charge in [0.05, 0.1) is 0 Å². The molecule has 1 amide bonds. The van der Waals surface area contributed by atoms with Crippen LogP contribution < -0.4 is 5.32 Å². The van der Waals surface area contributed by atoms with Crippen molar-refractivity contribution in [3.63, 3.8) is 0 Å². The smallest absolute Gasteiger partial charge is 0.222 e. The largest absolute Gasteiger partial charge is 0.385 e. The molecule has 0 aromatic heterocycles. The molecule has 1 N–H and O–H groups in total. The van der Waals surface area contributed by atoms with Gasteiger partial charge in [0.1, 0.15) is 0 Å². The van der Waals surface area contributed by atoms with Crippen molar-refractivity contribution >= 4 is 5.91 Å². The van der Waals surface area contributed by atoms with Gasteiger partial charge in [-0.3, -0.25) is 4.79 Å². The molecule has 0 unspecified atom stereocenters. The Kier molecular flexibility index (Phi) is 6.52. The number of amides is 1. The molecule has 4 nitrogen and oxygen atoms in total. The highest BCUT2D eigenvalue weighted by Gasteiger charge is 2.25. The van der Waals surface area contributed by atoms with E-state index in [0.29, 0.717) is 25.1 Å². The molecule has 1 aliphatic carbocycles. The first-order valence-electron chi connectivity index (χ1n) is 6.61. The SMILES string of the molecule is CNC1CCC(N(C)C(=O)CCCOC)CC1. The third-order valence-corrected chi connectivity index (χ3v) is 3.79. The second kappa shape index (κ2) is 7.67. The normalized spacial score (nSPS) is 24.6. The van der Waals surface area contributed by atoms with Crippen molar-refractivity contribution in [2.45, 2.75) is 50.6 Å². The molecular weight excluding hydrogens is 216 g/mol. The van der Waals surface area contributed by atoms with E-state index in [-0.39, 0.29) is 5.91 Å². The van der Waals surface area contributed by atoms with E-state index < -0.39 is 0 Å². The summed E-state index contributed by atoms with van der Waals surface area (Å²) in [6.07, 6.45) is 6.03. The fourth-order valence-corrected chi connectivity index (χ4v) is 2.50. The first-order valence-corrected chi connectivity index (χ1v) is 6.61. The second-order valence-electron chi connectivity index (χ2n) is 4.90. The number of carbonyl (C=O) groups excluding carboxylic acids is 1. The summed E-state index contributed by atoms with van der Waals surface area (Å²) in [4.78, 5) is 13.9. The zero-order valence-electron chi connectivity index (χ0n) is 11.4. The van der Waals surface area contributed by atoms with Crippen LogP contribution >= 0.6 is 0 Å². The van der Waals surface area contributed by atoms with E-state index in [9.17, 15) is 4.79 Å². The predicted molar refractivity (Wildman–Crippen MR) is 69.0 cm³/mol. The molecule has 1 fully saturated rings. The third-order valence-electron chi connectivity index (χ3n) is 3.79. The molecule has 100 valence electrons. The molecule has 1 rings (SSSR count). The molecule has 0 atom stereocenters. The maximum atomic E-state index is 11.9. The van der Waals surface area contributed by atoms with Gasteiger partial charge in [-0.2, -0.15) is 0 Å². The average Bonchev–Trinajstić information content (AvgIpc) is 2.38. The van der Waals surface area contributed by atoms with Crippen molar-refractivity contribution in [2.75, 3.05) is 27.8 Å². The summed E-state index contributed by atoms with van der Waals surface area (Å²) >= 11 is 0. The second-order valence-corrected chi connectivity index (χ2v) is 4.90. The minimum atomic E-state index is 0.259. The van der Waals surface area contributed by atoms with Gasteiger partial charge < -0.3 is 15.0 Å². The van der Waals surface area contributed by atoms with Crippen LogP contribution in [0, 0.1) is 0 Å². The fraction of sp³-hybridized carbons (Fsp3) is 0.923. The van der Waals surface area contributed by atoms with Gasteiger partial charge >= 0.3 is 0 Å². The van der Waals surface area contributed by atoms with Crippen LogP contribution in [0.15, 0.2) is 0 Å². The molecule has 0 radical (unpaired) electrons. The zero-order chi connectivity index (χ0) is 12.7. The molecule has 0 aromatic rings. The molecular formula is C13H26N2O2. The number of hydrogen-bond donors (Lipinski definition) is 1. The van der Waals surface area contributed by atoms with Crippen LogP contribution in [-0.2, 0) is 9.53 Å². The third kappa shape index (κ3) is 4.64. The Hall–Kier alpha value is -0.610. The van der Waals surface area contributed by atoms with Crippen LogP contribution in [0.3, 0.4) is 0 Å². The number of carbonyl (C=O) groups is 1. The minimum absolute atomic E-state index is 0.259. The quantitative estimate of drug-likeness (QED) is 0.716. The van der Waals surface area contributed by atoms with Crippen molar-refractivity contribution in [1.29, 1.82) is 0 Å². The molecule has 0 saturated heterocycles. The minimum Gasteiger partial charge on any atom is -0.385 e. The number of methoxy groups -OCH3 is 1. The fourth-order valence-electron chi connectivity index (χ4n) is 2.50. The molecule has 1 aliphatic rings. The summed E-state index contributed by atoms with van der Waals surface area (Å²) in [5.41, 5.74) is 0. The van der Waals surface area contributed by atoms with Gasteiger partial charge in [0, 0.05) is 39.3 Å². The van der Waals surface area contributed by atoms with Gasteiger partial charge in [0.15, 0.2) is 0 Å². The Morgan fingerprint density at radius 3 is 2.53 bits per heavy atom. The predicted octanol–water partition coefficient (Wildman–Crippen LogP) is 1.40. The van der Waals surface area contributed by atoms with Crippen LogP contribution in [0.2, 0.25) is 0 Å². The van der Waals surface area contributed by atoms with Crippen molar-refractivity contribution in [2.24, 2.45) is 0 Å². The van der Waals surface area contributed by atoms with Crippen LogP contribution in [0.5, 0.6) is 0 Å². The molecule has 0 aromatic carbocycles. The molecule has 4 heteroatoms. The Morgan fingerprint density at radius 1 is 1.35 bits per heavy atom. The number of ether oxygens (including phenoxy) is 1. The topological polar surface area (TPSA) is 41.6 Å². The van der Waals surface area contributed by atoms with Crippen molar-refractivity contribution in [1.82, 2.24) is 10.2 Å². The lowest BCUT2D eigenvalue weighted by Crippen LogP contribution is -2.42. The highest BCUT2D eigenvalue weighted by Crippen LogP contribution is 2.22. The molecule has 1 saturated carbocycles. The van der Waals surface area contributed by atoms with Gasteiger partial charge in [0.2, 0.25) is 5.91 Å².